The van der Waals surface area contributed by atoms with E-state index < -0.39 is 0 Å². The lowest BCUT2D eigenvalue weighted by molar-refractivity contribution is -0.134. The molecule has 0 N–H and O–H groups in total. The van der Waals surface area contributed by atoms with E-state index in [1.807, 2.05) is 24.3 Å². The van der Waals surface area contributed by atoms with Gasteiger partial charge in [-0.25, -0.2) is 4.79 Å². The Morgan fingerprint density at radius 3 is 2.13 bits per heavy atom. The standard InChI is InChI=1S/C26H30N2O2/c1-3-4-17-27-18-20-28(21-19-27)25-14-11-24(12-15-25)10-7-22-5-8-23(9-6-22)13-16-26(29)30-2/h5-6,8-9,11-16H,3-4,17-21H2,1-2H3/b16-13+. The second kappa shape index (κ2) is 11.2. The molecule has 3 rings (SSSR count). The smallest absolute Gasteiger partial charge is 0.330 e. The van der Waals surface area contributed by atoms with Crippen LogP contribution in [0.3, 0.4) is 0 Å². The van der Waals surface area contributed by atoms with Gasteiger partial charge in [-0.05, 0) is 61.0 Å². The van der Waals surface area contributed by atoms with Gasteiger partial charge < -0.3 is 9.64 Å². The van der Waals surface area contributed by atoms with E-state index in [4.69, 9.17) is 0 Å². The van der Waals surface area contributed by atoms with Crippen LogP contribution in [0.2, 0.25) is 0 Å². The molecule has 1 aliphatic rings. The van der Waals surface area contributed by atoms with Crippen molar-refractivity contribution in [2.45, 2.75) is 19.8 Å². The van der Waals surface area contributed by atoms with E-state index in [0.29, 0.717) is 0 Å². The van der Waals surface area contributed by atoms with Gasteiger partial charge in [0.05, 0.1) is 7.11 Å². The molecule has 0 unspecified atom stereocenters. The summed E-state index contributed by atoms with van der Waals surface area (Å²) in [6.45, 7) is 7.94. The zero-order valence-electron chi connectivity index (χ0n) is 17.9. The van der Waals surface area contributed by atoms with Crippen LogP contribution in [0.4, 0.5) is 5.69 Å². The van der Waals surface area contributed by atoms with Gasteiger partial charge in [0, 0.05) is 49.1 Å². The van der Waals surface area contributed by atoms with Crippen molar-refractivity contribution in [1.82, 2.24) is 4.90 Å². The highest BCUT2D eigenvalue weighted by Gasteiger charge is 2.16. The number of hydrogen-bond donors (Lipinski definition) is 0. The number of unbranched alkanes of at least 4 members (excludes halogenated alkanes) is 1. The summed E-state index contributed by atoms with van der Waals surface area (Å²) < 4.78 is 4.60. The first-order chi connectivity index (χ1) is 14.7. The Hall–Kier alpha value is -3.03. The molecule has 4 nitrogen and oxygen atoms in total. The first-order valence-corrected chi connectivity index (χ1v) is 10.6. The average molecular weight is 403 g/mol. The minimum atomic E-state index is -0.360. The van der Waals surface area contributed by atoms with Gasteiger partial charge >= 0.3 is 5.97 Å². The number of carbonyl (C=O) groups is 1. The van der Waals surface area contributed by atoms with E-state index in [1.165, 1.54) is 38.3 Å². The predicted molar refractivity (Wildman–Crippen MR) is 123 cm³/mol. The molecule has 0 saturated carbocycles. The molecule has 2 aromatic rings. The van der Waals surface area contributed by atoms with Crippen molar-refractivity contribution in [3.05, 3.63) is 71.3 Å². The van der Waals surface area contributed by atoms with Crippen LogP contribution in [0.1, 0.15) is 36.5 Å². The van der Waals surface area contributed by atoms with Gasteiger partial charge in [-0.1, -0.05) is 37.3 Å². The molecule has 0 atom stereocenters. The van der Waals surface area contributed by atoms with Crippen LogP contribution in [0.15, 0.2) is 54.6 Å². The Morgan fingerprint density at radius 1 is 0.967 bits per heavy atom. The van der Waals surface area contributed by atoms with Crippen molar-refractivity contribution in [2.75, 3.05) is 44.7 Å². The molecule has 0 bridgehead atoms. The highest BCUT2D eigenvalue weighted by Crippen LogP contribution is 2.17. The Balaban J connectivity index is 1.55. The van der Waals surface area contributed by atoms with Crippen LogP contribution in [0.25, 0.3) is 6.08 Å². The third-order valence-corrected chi connectivity index (χ3v) is 5.31. The molecule has 0 spiro atoms. The highest BCUT2D eigenvalue weighted by atomic mass is 16.5. The summed E-state index contributed by atoms with van der Waals surface area (Å²) in [5.41, 5.74) is 4.16. The number of esters is 1. The quantitative estimate of drug-likeness (QED) is 0.412. The fourth-order valence-corrected chi connectivity index (χ4v) is 3.42. The van der Waals surface area contributed by atoms with Gasteiger partial charge in [-0.3, -0.25) is 4.90 Å². The van der Waals surface area contributed by atoms with Crippen molar-refractivity contribution in [2.24, 2.45) is 0 Å². The number of ether oxygens (including phenoxy) is 1. The highest BCUT2D eigenvalue weighted by molar-refractivity contribution is 5.86. The topological polar surface area (TPSA) is 32.8 Å². The molecule has 1 fully saturated rings. The van der Waals surface area contributed by atoms with Gasteiger partial charge in [0.25, 0.3) is 0 Å². The van der Waals surface area contributed by atoms with Crippen LogP contribution in [-0.4, -0.2) is 50.7 Å². The van der Waals surface area contributed by atoms with E-state index >= 15 is 0 Å². The second-order valence-electron chi connectivity index (χ2n) is 7.46. The molecule has 0 amide bonds. The summed E-state index contributed by atoms with van der Waals surface area (Å²) in [5, 5.41) is 0. The Morgan fingerprint density at radius 2 is 1.57 bits per heavy atom. The molecule has 30 heavy (non-hydrogen) atoms. The SMILES string of the molecule is CCCCN1CCN(c2ccc(C#Cc3ccc(/C=C/C(=O)OC)cc3)cc2)CC1. The largest absolute Gasteiger partial charge is 0.466 e. The van der Waals surface area contributed by atoms with Crippen molar-refractivity contribution < 1.29 is 9.53 Å². The molecule has 4 heteroatoms. The van der Waals surface area contributed by atoms with Gasteiger partial charge in [-0.2, -0.15) is 0 Å². The van der Waals surface area contributed by atoms with E-state index in [2.05, 4.69) is 57.6 Å². The maximum absolute atomic E-state index is 11.2. The lowest BCUT2D eigenvalue weighted by atomic mass is 10.1. The molecular formula is C26H30N2O2. The lowest BCUT2D eigenvalue weighted by Gasteiger charge is -2.36. The predicted octanol–water partition coefficient (Wildman–Crippen LogP) is 4.19. The Labute approximate surface area is 180 Å². The van der Waals surface area contributed by atoms with Crippen molar-refractivity contribution in [1.29, 1.82) is 0 Å². The number of benzene rings is 2. The number of rotatable bonds is 6. The van der Waals surface area contributed by atoms with Gasteiger partial charge in [0.1, 0.15) is 0 Å². The molecule has 1 heterocycles. The average Bonchev–Trinajstić information content (AvgIpc) is 2.81. The molecule has 0 radical (unpaired) electrons. The molecule has 1 saturated heterocycles. The summed E-state index contributed by atoms with van der Waals surface area (Å²) in [6, 6.07) is 16.3. The Bertz CT molecular complexity index is 897. The first kappa shape index (κ1) is 21.7. The third-order valence-electron chi connectivity index (χ3n) is 5.31. The van der Waals surface area contributed by atoms with Crippen LogP contribution in [-0.2, 0) is 9.53 Å². The van der Waals surface area contributed by atoms with Crippen molar-refractivity contribution >= 4 is 17.7 Å². The lowest BCUT2D eigenvalue weighted by Crippen LogP contribution is -2.46. The fraction of sp³-hybridized carbons (Fsp3) is 0.346. The van der Waals surface area contributed by atoms with E-state index in [9.17, 15) is 4.79 Å². The van der Waals surface area contributed by atoms with E-state index in [-0.39, 0.29) is 5.97 Å². The fourth-order valence-electron chi connectivity index (χ4n) is 3.42. The monoisotopic (exact) mass is 402 g/mol. The van der Waals surface area contributed by atoms with Crippen LogP contribution >= 0.6 is 0 Å². The maximum Gasteiger partial charge on any atom is 0.330 e. The van der Waals surface area contributed by atoms with E-state index in [1.54, 1.807) is 6.08 Å². The number of hydrogen-bond acceptors (Lipinski definition) is 4. The summed E-state index contributed by atoms with van der Waals surface area (Å²) in [5.74, 6) is 6.07. The zero-order valence-corrected chi connectivity index (χ0v) is 17.9. The normalized spacial score (nSPS) is 14.4. The molecule has 2 aromatic carbocycles. The minimum absolute atomic E-state index is 0.360. The molecule has 0 aromatic heterocycles. The van der Waals surface area contributed by atoms with Gasteiger partial charge in [0.2, 0.25) is 0 Å². The number of carbonyl (C=O) groups excluding carboxylic acids is 1. The summed E-state index contributed by atoms with van der Waals surface area (Å²) in [4.78, 5) is 16.2. The Kier molecular flexibility index (Phi) is 8.11. The molecule has 0 aliphatic carbocycles. The number of nitrogens with zero attached hydrogens (tertiary/aromatic N) is 2. The number of methoxy groups -OCH3 is 1. The van der Waals surface area contributed by atoms with Crippen molar-refractivity contribution in [3.63, 3.8) is 0 Å². The van der Waals surface area contributed by atoms with Crippen LogP contribution in [0.5, 0.6) is 0 Å². The van der Waals surface area contributed by atoms with Gasteiger partial charge in [-0.15, -0.1) is 0 Å². The number of anilines is 1. The molecular weight excluding hydrogens is 372 g/mol. The zero-order chi connectivity index (χ0) is 21.2. The summed E-state index contributed by atoms with van der Waals surface area (Å²) in [6.07, 6.45) is 5.69. The molecule has 156 valence electrons. The van der Waals surface area contributed by atoms with E-state index in [0.717, 1.165) is 42.9 Å². The summed E-state index contributed by atoms with van der Waals surface area (Å²) >= 11 is 0. The number of piperazine rings is 1. The van der Waals surface area contributed by atoms with Gasteiger partial charge in [0.15, 0.2) is 0 Å². The first-order valence-electron chi connectivity index (χ1n) is 10.6. The molecule has 1 aliphatic heterocycles. The maximum atomic E-state index is 11.2. The second-order valence-corrected chi connectivity index (χ2v) is 7.46. The minimum Gasteiger partial charge on any atom is -0.466 e. The third kappa shape index (κ3) is 6.50. The van der Waals surface area contributed by atoms with Crippen LogP contribution in [0, 0.1) is 11.8 Å². The summed E-state index contributed by atoms with van der Waals surface area (Å²) in [7, 11) is 1.37. The van der Waals surface area contributed by atoms with Crippen LogP contribution < -0.4 is 4.90 Å². The van der Waals surface area contributed by atoms with Crippen molar-refractivity contribution in [3.8, 4) is 11.8 Å².